The molecule has 2 aliphatic rings. The lowest BCUT2D eigenvalue weighted by Gasteiger charge is -2.16. The van der Waals surface area contributed by atoms with Crippen molar-refractivity contribution in [1.82, 2.24) is 15.8 Å². The van der Waals surface area contributed by atoms with E-state index in [4.69, 9.17) is 14.9 Å². The molecule has 4 rings (SSSR count). The molecule has 2 aromatic rings. The van der Waals surface area contributed by atoms with E-state index in [2.05, 4.69) is 16.1 Å². The number of nitrogens with one attached hydrogen (secondary N) is 3. The second-order valence-electron chi connectivity index (χ2n) is 7.10. The van der Waals surface area contributed by atoms with Crippen LogP contribution in [-0.4, -0.2) is 29.2 Å². The van der Waals surface area contributed by atoms with Crippen LogP contribution in [0.5, 0.6) is 0 Å². The fraction of sp³-hybridized carbons (Fsp3) is 0.400. The summed E-state index contributed by atoms with van der Waals surface area (Å²) >= 11 is 0. The molecule has 1 aliphatic heterocycles. The topological polar surface area (TPSA) is 95.5 Å². The summed E-state index contributed by atoms with van der Waals surface area (Å²) in [6, 6.07) is 6.77. The van der Waals surface area contributed by atoms with Crippen molar-refractivity contribution >= 4 is 17.3 Å². The number of aliphatic hydroxyl groups is 1. The molecule has 8 heteroatoms. The van der Waals surface area contributed by atoms with E-state index < -0.39 is 0 Å². The predicted octanol–water partition coefficient (Wildman–Crippen LogP) is 2.27. The van der Waals surface area contributed by atoms with E-state index in [1.165, 1.54) is 6.07 Å². The number of amides is 1. The summed E-state index contributed by atoms with van der Waals surface area (Å²) < 4.78 is 14.5. The maximum Gasteiger partial charge on any atom is 0.254 e. The number of carbonyl (C=O) groups excluding carboxylic acids is 1. The van der Waals surface area contributed by atoms with Gasteiger partial charge in [0.25, 0.3) is 5.91 Å². The monoisotopic (exact) mass is 386 g/mol. The molecule has 1 amide bonds. The molecule has 1 saturated carbocycles. The smallest absolute Gasteiger partial charge is 0.254 e. The molecule has 148 valence electrons. The summed E-state index contributed by atoms with van der Waals surface area (Å²) in [5.41, 5.74) is 6.03. The predicted molar refractivity (Wildman–Crippen MR) is 102 cm³/mol. The van der Waals surface area contributed by atoms with Gasteiger partial charge in [0.1, 0.15) is 5.82 Å². The quantitative estimate of drug-likeness (QED) is 0.411. The van der Waals surface area contributed by atoms with E-state index in [0.717, 1.165) is 30.5 Å². The number of carbonyl (C=O) groups is 1. The Balaban J connectivity index is 1.66. The van der Waals surface area contributed by atoms with Gasteiger partial charge in [0, 0.05) is 0 Å². The molecule has 0 radical (unpaired) electrons. The molecule has 7 nitrogen and oxygen atoms in total. The Labute approximate surface area is 162 Å². The fourth-order valence-electron chi connectivity index (χ4n) is 3.43. The number of halogens is 1. The number of hydroxylamine groups is 1. The van der Waals surface area contributed by atoms with Gasteiger partial charge in [0.05, 0.1) is 53.6 Å². The van der Waals surface area contributed by atoms with E-state index in [-0.39, 0.29) is 37.0 Å². The number of aromatic nitrogens is 1. The Hall–Kier alpha value is -2.55. The maximum atomic E-state index is 14.5. The zero-order valence-corrected chi connectivity index (χ0v) is 15.6. The highest BCUT2D eigenvalue weighted by atomic mass is 19.1. The Bertz CT molecular complexity index is 915. The van der Waals surface area contributed by atoms with E-state index in [0.29, 0.717) is 22.6 Å². The lowest BCUT2D eigenvalue weighted by molar-refractivity contribution is 0.0133. The first-order chi connectivity index (χ1) is 13.6. The third kappa shape index (κ3) is 3.46. The van der Waals surface area contributed by atoms with Crippen LogP contribution in [0.3, 0.4) is 0 Å². The van der Waals surface area contributed by atoms with Gasteiger partial charge < -0.3 is 15.7 Å². The Kier molecular flexibility index (Phi) is 5.01. The highest BCUT2D eigenvalue weighted by Gasteiger charge is 2.53. The minimum atomic E-state index is -0.363. The van der Waals surface area contributed by atoms with Crippen molar-refractivity contribution in [2.75, 3.05) is 18.5 Å². The molecule has 0 saturated heterocycles. The van der Waals surface area contributed by atoms with Crippen LogP contribution < -0.4 is 16.1 Å². The van der Waals surface area contributed by atoms with E-state index in [9.17, 15) is 9.18 Å². The van der Waals surface area contributed by atoms with Gasteiger partial charge in [-0.3, -0.25) is 14.6 Å². The highest BCUT2D eigenvalue weighted by molar-refractivity contribution is 6.01. The third-order valence-electron chi connectivity index (χ3n) is 5.15. The number of pyridine rings is 1. The summed E-state index contributed by atoms with van der Waals surface area (Å²) in [6.45, 7) is 2.25. The maximum absolute atomic E-state index is 14.5. The van der Waals surface area contributed by atoms with Gasteiger partial charge in [0.2, 0.25) is 0 Å². The summed E-state index contributed by atoms with van der Waals surface area (Å²) in [7, 11) is 0. The molecule has 1 spiro atoms. The zero-order valence-electron chi connectivity index (χ0n) is 15.6. The minimum absolute atomic E-state index is 0.105. The Morgan fingerprint density at radius 1 is 1.32 bits per heavy atom. The number of nitrogens with zero attached hydrogens (tertiary/aromatic N) is 1. The van der Waals surface area contributed by atoms with Gasteiger partial charge in [-0.15, -0.1) is 0 Å². The molecule has 1 aromatic heterocycles. The van der Waals surface area contributed by atoms with Crippen molar-refractivity contribution in [3.05, 3.63) is 52.6 Å². The van der Waals surface area contributed by atoms with Gasteiger partial charge in [-0.05, 0) is 43.0 Å². The first kappa shape index (κ1) is 18.8. The lowest BCUT2D eigenvalue weighted by Crippen LogP contribution is -2.25. The van der Waals surface area contributed by atoms with E-state index in [1.807, 2.05) is 13.0 Å². The average Bonchev–Trinajstić information content (AvgIpc) is 3.41. The zero-order chi connectivity index (χ0) is 19.7. The Morgan fingerprint density at radius 3 is 2.82 bits per heavy atom. The number of benzene rings is 1. The summed E-state index contributed by atoms with van der Waals surface area (Å²) in [4.78, 5) is 22.2. The van der Waals surface area contributed by atoms with Gasteiger partial charge >= 0.3 is 0 Å². The molecular formula is C20H23FN4O3. The highest BCUT2D eigenvalue weighted by Crippen LogP contribution is 2.50. The molecular weight excluding hydrogens is 363 g/mol. The number of anilines is 2. The number of fused-ring (bicyclic) bond motifs is 2. The first-order valence-electron chi connectivity index (χ1n) is 9.44. The van der Waals surface area contributed by atoms with Gasteiger partial charge in [-0.2, -0.15) is 5.48 Å². The van der Waals surface area contributed by atoms with Crippen LogP contribution in [0.4, 0.5) is 15.8 Å². The summed E-state index contributed by atoms with van der Waals surface area (Å²) in [5, 5.41) is 14.9. The van der Waals surface area contributed by atoms with Crippen molar-refractivity contribution < 1.29 is 19.1 Å². The van der Waals surface area contributed by atoms with Crippen LogP contribution in [-0.2, 0) is 23.3 Å². The number of aliphatic hydroxyl groups excluding tert-OH is 1. The standard InChI is InChI=1S/C20H23FN4O3/c1-2-12-3-4-15(14(21)9-12)23-16-10-13-18(20(5-6-20)25-19(13)27)24-17(16)11-22-28-8-7-26/h3-4,9-10,22-23,26H,2,5-8,11H2,1H3,(H,25,27). The second kappa shape index (κ2) is 7.46. The molecule has 1 fully saturated rings. The van der Waals surface area contributed by atoms with Gasteiger partial charge in [-0.25, -0.2) is 4.39 Å². The molecule has 0 bridgehead atoms. The van der Waals surface area contributed by atoms with Crippen LogP contribution in [0.1, 0.15) is 47.1 Å². The van der Waals surface area contributed by atoms with Crippen molar-refractivity contribution in [3.8, 4) is 0 Å². The van der Waals surface area contributed by atoms with E-state index >= 15 is 0 Å². The molecule has 4 N–H and O–H groups in total. The van der Waals surface area contributed by atoms with Crippen LogP contribution >= 0.6 is 0 Å². The van der Waals surface area contributed by atoms with Crippen molar-refractivity contribution in [3.63, 3.8) is 0 Å². The number of hydrogen-bond donors (Lipinski definition) is 4. The lowest BCUT2D eigenvalue weighted by atomic mass is 10.1. The van der Waals surface area contributed by atoms with Crippen LogP contribution in [0, 0.1) is 5.82 Å². The largest absolute Gasteiger partial charge is 0.394 e. The third-order valence-corrected chi connectivity index (χ3v) is 5.15. The average molecular weight is 386 g/mol. The normalized spacial score (nSPS) is 16.2. The molecule has 2 heterocycles. The van der Waals surface area contributed by atoms with Gasteiger partial charge in [-0.1, -0.05) is 13.0 Å². The second-order valence-corrected chi connectivity index (χ2v) is 7.10. The Morgan fingerprint density at radius 2 is 2.14 bits per heavy atom. The van der Waals surface area contributed by atoms with Crippen molar-refractivity contribution in [1.29, 1.82) is 0 Å². The van der Waals surface area contributed by atoms with Crippen LogP contribution in [0.25, 0.3) is 0 Å². The summed E-state index contributed by atoms with van der Waals surface area (Å²) in [6.07, 6.45) is 2.48. The summed E-state index contributed by atoms with van der Waals surface area (Å²) in [5.74, 6) is -0.515. The fourth-order valence-corrected chi connectivity index (χ4v) is 3.43. The molecule has 0 unspecified atom stereocenters. The molecule has 28 heavy (non-hydrogen) atoms. The minimum Gasteiger partial charge on any atom is -0.394 e. The molecule has 1 aromatic carbocycles. The number of hydrogen-bond acceptors (Lipinski definition) is 6. The molecule has 0 atom stereocenters. The SMILES string of the molecule is CCc1ccc(Nc2cc3c(nc2CNOCCO)C2(CC2)NC3=O)c(F)c1. The van der Waals surface area contributed by atoms with E-state index in [1.54, 1.807) is 12.1 Å². The van der Waals surface area contributed by atoms with Crippen LogP contribution in [0.15, 0.2) is 24.3 Å². The van der Waals surface area contributed by atoms with Crippen molar-refractivity contribution in [2.24, 2.45) is 0 Å². The van der Waals surface area contributed by atoms with Crippen LogP contribution in [0.2, 0.25) is 0 Å². The molecule has 1 aliphatic carbocycles. The number of aryl methyl sites for hydroxylation is 1. The number of rotatable bonds is 8. The van der Waals surface area contributed by atoms with Crippen molar-refractivity contribution in [2.45, 2.75) is 38.3 Å². The van der Waals surface area contributed by atoms with Gasteiger partial charge in [0.15, 0.2) is 0 Å². The first-order valence-corrected chi connectivity index (χ1v) is 9.44.